The highest BCUT2D eigenvalue weighted by atomic mass is 16.5. The molecule has 0 spiro atoms. The third-order valence-electron chi connectivity index (χ3n) is 2.38. The van der Waals surface area contributed by atoms with Gasteiger partial charge in [-0.1, -0.05) is 6.58 Å². The zero-order valence-corrected chi connectivity index (χ0v) is 9.52. The van der Waals surface area contributed by atoms with Crippen LogP contribution in [0.25, 0.3) is 16.5 Å². The van der Waals surface area contributed by atoms with Crippen LogP contribution >= 0.6 is 0 Å². The van der Waals surface area contributed by atoms with Crippen LogP contribution in [0.2, 0.25) is 0 Å². The number of hydrogen-bond donors (Lipinski definition) is 0. The van der Waals surface area contributed by atoms with Gasteiger partial charge in [-0.3, -0.25) is 4.79 Å². The molecular weight excluding hydrogens is 222 g/mol. The largest absolute Gasteiger partial charge is 0.497 e. The van der Waals surface area contributed by atoms with Crippen molar-refractivity contribution in [1.82, 2.24) is 4.74 Å². The van der Waals surface area contributed by atoms with E-state index in [1.54, 1.807) is 13.0 Å². The Morgan fingerprint density at radius 3 is 2.65 bits per heavy atom. The fourth-order valence-electron chi connectivity index (χ4n) is 1.54. The molecule has 88 valence electrons. The van der Waals surface area contributed by atoms with Crippen molar-refractivity contribution in [3.8, 4) is 5.75 Å². The van der Waals surface area contributed by atoms with Crippen LogP contribution < -0.4 is 15.9 Å². The van der Waals surface area contributed by atoms with Crippen LogP contribution in [0, 0.1) is 0 Å². The van der Waals surface area contributed by atoms with E-state index in [-0.39, 0.29) is 10.8 Å². The molecule has 0 atom stereocenters. The lowest BCUT2D eigenvalue weighted by atomic mass is 10.2. The summed E-state index contributed by atoms with van der Waals surface area (Å²) in [6, 6.07) is 4.63. The topological polar surface area (TPSA) is 61.4 Å². The normalized spacial score (nSPS) is 10.5. The third kappa shape index (κ3) is 1.75. The van der Waals surface area contributed by atoms with Gasteiger partial charge in [-0.05, 0) is 25.1 Å². The van der Waals surface area contributed by atoms with Crippen molar-refractivity contribution >= 4 is 16.5 Å². The third-order valence-corrected chi connectivity index (χ3v) is 2.38. The van der Waals surface area contributed by atoms with Gasteiger partial charge in [0.15, 0.2) is 0 Å². The van der Waals surface area contributed by atoms with Gasteiger partial charge in [0.2, 0.25) is 0 Å². The van der Waals surface area contributed by atoms with Gasteiger partial charge < -0.3 is 9.26 Å². The van der Waals surface area contributed by atoms with Gasteiger partial charge in [-0.15, -0.1) is 4.74 Å². The van der Waals surface area contributed by atoms with E-state index in [2.05, 4.69) is 6.58 Å². The first-order valence-corrected chi connectivity index (χ1v) is 4.95. The standard InChI is InChI=1S/C12H11NO4/c1-7(2)13-11(14)9-5-4-8(16-3)6-10(9)12(15)17-13/h4-6H,1H2,2-3H3. The quantitative estimate of drug-likeness (QED) is 0.787. The highest BCUT2D eigenvalue weighted by Crippen LogP contribution is 2.15. The van der Waals surface area contributed by atoms with Crippen LogP contribution in [0.1, 0.15) is 6.92 Å². The number of fused-ring (bicyclic) bond motifs is 1. The lowest BCUT2D eigenvalue weighted by Crippen LogP contribution is -2.23. The van der Waals surface area contributed by atoms with Crippen LogP contribution in [0.15, 0.2) is 38.9 Å². The average molecular weight is 233 g/mol. The maximum Gasteiger partial charge on any atom is 0.364 e. The number of methoxy groups -OCH3 is 1. The second kappa shape index (κ2) is 3.93. The zero-order valence-electron chi connectivity index (χ0n) is 9.52. The summed E-state index contributed by atoms with van der Waals surface area (Å²) in [5, 5.41) is 0.483. The Morgan fingerprint density at radius 2 is 2.06 bits per heavy atom. The minimum absolute atomic E-state index is 0.201. The predicted octanol–water partition coefficient (Wildman–Crippen LogP) is 1.45. The van der Waals surface area contributed by atoms with Crippen molar-refractivity contribution < 1.29 is 9.26 Å². The van der Waals surface area contributed by atoms with Crippen molar-refractivity contribution in [3.63, 3.8) is 0 Å². The van der Waals surface area contributed by atoms with Crippen molar-refractivity contribution in [3.05, 3.63) is 45.6 Å². The fraction of sp³-hybridized carbons (Fsp3) is 0.167. The molecule has 0 saturated heterocycles. The highest BCUT2D eigenvalue weighted by Gasteiger charge is 2.10. The van der Waals surface area contributed by atoms with E-state index >= 15 is 0 Å². The van der Waals surface area contributed by atoms with Gasteiger partial charge in [0.25, 0.3) is 5.56 Å². The summed E-state index contributed by atoms with van der Waals surface area (Å²) >= 11 is 0. The molecule has 2 rings (SSSR count). The molecule has 0 N–H and O–H groups in total. The molecule has 1 aromatic heterocycles. The van der Waals surface area contributed by atoms with Gasteiger partial charge in [0, 0.05) is 0 Å². The fourth-order valence-corrected chi connectivity index (χ4v) is 1.54. The number of allylic oxidation sites excluding steroid dienone is 1. The smallest absolute Gasteiger partial charge is 0.364 e. The molecule has 2 aromatic rings. The molecule has 5 heteroatoms. The summed E-state index contributed by atoms with van der Waals surface area (Å²) in [5.74, 6) is 0.497. The maximum atomic E-state index is 12.0. The first-order valence-electron chi connectivity index (χ1n) is 4.95. The summed E-state index contributed by atoms with van der Waals surface area (Å²) in [6.45, 7) is 5.16. The SMILES string of the molecule is C=C(C)n1oc(=O)c2cc(OC)ccc2c1=O. The maximum absolute atomic E-state index is 12.0. The van der Waals surface area contributed by atoms with Gasteiger partial charge in [-0.25, -0.2) is 4.79 Å². The van der Waals surface area contributed by atoms with Crippen LogP contribution in [0.4, 0.5) is 0 Å². The van der Waals surface area contributed by atoms with Crippen LogP contribution in [0.3, 0.4) is 0 Å². The van der Waals surface area contributed by atoms with Crippen molar-refractivity contribution in [2.45, 2.75) is 6.92 Å². The zero-order chi connectivity index (χ0) is 12.6. The minimum Gasteiger partial charge on any atom is -0.497 e. The first kappa shape index (κ1) is 11.2. The molecule has 0 saturated carbocycles. The van der Waals surface area contributed by atoms with E-state index < -0.39 is 11.2 Å². The predicted molar refractivity (Wildman–Crippen MR) is 64.3 cm³/mol. The Balaban J connectivity index is 2.93. The van der Waals surface area contributed by atoms with E-state index in [1.807, 2.05) is 0 Å². The van der Waals surface area contributed by atoms with E-state index in [9.17, 15) is 9.59 Å². The molecule has 0 amide bonds. The van der Waals surface area contributed by atoms with Crippen molar-refractivity contribution in [1.29, 1.82) is 0 Å². The van der Waals surface area contributed by atoms with Gasteiger partial charge in [-0.2, -0.15) is 0 Å². The molecule has 17 heavy (non-hydrogen) atoms. The van der Waals surface area contributed by atoms with E-state index in [0.717, 1.165) is 4.74 Å². The minimum atomic E-state index is -0.596. The molecule has 0 fully saturated rings. The highest BCUT2D eigenvalue weighted by molar-refractivity contribution is 5.82. The molecule has 1 aromatic carbocycles. The number of hydrogen-bond acceptors (Lipinski definition) is 4. The van der Waals surface area contributed by atoms with Gasteiger partial charge >= 0.3 is 5.63 Å². The van der Waals surface area contributed by atoms with Crippen LogP contribution in [-0.4, -0.2) is 11.8 Å². The number of rotatable bonds is 2. The molecule has 0 aliphatic rings. The molecule has 1 heterocycles. The number of aromatic nitrogens is 1. The summed E-state index contributed by atoms with van der Waals surface area (Å²) in [5.41, 5.74) is -0.652. The monoisotopic (exact) mass is 233 g/mol. The Morgan fingerprint density at radius 1 is 1.35 bits per heavy atom. The first-order chi connectivity index (χ1) is 8.04. The Bertz CT molecular complexity index is 708. The second-order valence-corrected chi connectivity index (χ2v) is 3.63. The summed E-state index contributed by atoms with van der Waals surface area (Å²) in [7, 11) is 1.48. The van der Waals surface area contributed by atoms with E-state index in [1.165, 1.54) is 19.2 Å². The average Bonchev–Trinajstić information content (AvgIpc) is 2.32. The Hall–Kier alpha value is -2.30. The number of benzene rings is 1. The Kier molecular flexibility index (Phi) is 2.59. The molecule has 0 radical (unpaired) electrons. The van der Waals surface area contributed by atoms with E-state index in [4.69, 9.17) is 9.26 Å². The molecule has 0 bridgehead atoms. The second-order valence-electron chi connectivity index (χ2n) is 3.63. The summed E-state index contributed by atoms with van der Waals surface area (Å²) in [4.78, 5) is 23.7. The lowest BCUT2D eigenvalue weighted by molar-refractivity contribution is 0.305. The van der Waals surface area contributed by atoms with Crippen molar-refractivity contribution in [2.24, 2.45) is 0 Å². The molecule has 0 unspecified atom stereocenters. The summed E-state index contributed by atoms with van der Waals surface area (Å²) < 4.78 is 10.7. The molecule has 0 aliphatic carbocycles. The number of nitrogens with zero attached hydrogens (tertiary/aromatic N) is 1. The van der Waals surface area contributed by atoms with Crippen LogP contribution in [0.5, 0.6) is 5.75 Å². The van der Waals surface area contributed by atoms with E-state index in [0.29, 0.717) is 11.4 Å². The van der Waals surface area contributed by atoms with Gasteiger partial charge in [0.1, 0.15) is 5.75 Å². The summed E-state index contributed by atoms with van der Waals surface area (Å²) in [6.07, 6.45) is 0. The molecule has 0 aliphatic heterocycles. The van der Waals surface area contributed by atoms with Crippen LogP contribution in [-0.2, 0) is 0 Å². The van der Waals surface area contributed by atoms with Crippen molar-refractivity contribution in [2.75, 3.05) is 7.11 Å². The number of ether oxygens (including phenoxy) is 1. The molecule has 5 nitrogen and oxygen atoms in total. The lowest BCUT2D eigenvalue weighted by Gasteiger charge is -2.04. The Labute approximate surface area is 96.5 Å². The molecular formula is C12H11NO4. The van der Waals surface area contributed by atoms with Gasteiger partial charge in [0.05, 0.1) is 23.6 Å².